The van der Waals surface area contributed by atoms with Gasteiger partial charge < -0.3 is 4.57 Å². The summed E-state index contributed by atoms with van der Waals surface area (Å²) in [5.41, 5.74) is 3.84. The molecule has 1 aliphatic rings. The van der Waals surface area contributed by atoms with E-state index in [4.69, 9.17) is 0 Å². The first kappa shape index (κ1) is 10.8. The Kier molecular flexibility index (Phi) is 2.85. The quantitative estimate of drug-likeness (QED) is 0.777. The largest absolute Gasteiger partial charge is 0.331 e. The topological polar surface area (TPSA) is 31.9 Å². The van der Waals surface area contributed by atoms with Crippen LogP contribution in [0.15, 0.2) is 24.5 Å². The van der Waals surface area contributed by atoms with Crippen LogP contribution in [-0.2, 0) is 6.54 Å². The minimum Gasteiger partial charge on any atom is -0.331 e. The number of benzene rings is 1. The van der Waals surface area contributed by atoms with Gasteiger partial charge in [0.15, 0.2) is 0 Å². The van der Waals surface area contributed by atoms with Gasteiger partial charge in [0, 0.05) is 19.6 Å². The monoisotopic (exact) mass is 228 g/mol. The Morgan fingerprint density at radius 2 is 2.12 bits per heavy atom. The summed E-state index contributed by atoms with van der Waals surface area (Å²) < 4.78 is 2.21. The summed E-state index contributed by atoms with van der Waals surface area (Å²) in [7, 11) is 0. The summed E-state index contributed by atoms with van der Waals surface area (Å²) in [6.45, 7) is 5.19. The molecule has 0 aliphatic carbocycles. The highest BCUT2D eigenvalue weighted by atomic mass is 15.0. The minimum atomic E-state index is 0.692. The second-order valence-corrected chi connectivity index (χ2v) is 4.72. The van der Waals surface area contributed by atoms with Gasteiger partial charge in [-0.2, -0.15) is 0 Å². The van der Waals surface area contributed by atoms with E-state index in [2.05, 4.69) is 40.0 Å². The molecule has 1 aromatic heterocycles. The van der Waals surface area contributed by atoms with Crippen molar-refractivity contribution in [2.75, 3.05) is 13.1 Å². The van der Waals surface area contributed by atoms with Crippen LogP contribution < -0.4 is 5.32 Å². The molecule has 0 spiro atoms. The maximum Gasteiger partial charge on any atom is 0.0958 e. The molecule has 0 N–H and O–H groups in total. The maximum absolute atomic E-state index is 4.42. The normalized spacial score (nSPS) is 17.7. The standard InChI is InChI=1S/C14H18N3/c1-2-17-10-16-13-4-3-12(9-14(13)17)11-5-7-15-8-6-11/h3-4,9-11H,2,5-8H2,1H3. The number of rotatable bonds is 2. The predicted molar refractivity (Wildman–Crippen MR) is 69.3 cm³/mol. The zero-order chi connectivity index (χ0) is 11.7. The van der Waals surface area contributed by atoms with Gasteiger partial charge in [0.1, 0.15) is 0 Å². The number of fused-ring (bicyclic) bond motifs is 1. The molecule has 89 valence electrons. The molecule has 1 fully saturated rings. The zero-order valence-corrected chi connectivity index (χ0v) is 10.3. The first-order valence-corrected chi connectivity index (χ1v) is 6.46. The van der Waals surface area contributed by atoms with Crippen LogP contribution >= 0.6 is 0 Å². The fourth-order valence-corrected chi connectivity index (χ4v) is 2.66. The van der Waals surface area contributed by atoms with Crippen molar-refractivity contribution < 1.29 is 0 Å². The Hall–Kier alpha value is -1.35. The van der Waals surface area contributed by atoms with Crippen molar-refractivity contribution in [3.63, 3.8) is 0 Å². The van der Waals surface area contributed by atoms with E-state index in [1.807, 2.05) is 6.33 Å². The third-order valence-corrected chi connectivity index (χ3v) is 3.73. The van der Waals surface area contributed by atoms with Crippen LogP contribution in [0.1, 0.15) is 31.2 Å². The highest BCUT2D eigenvalue weighted by Crippen LogP contribution is 2.28. The molecule has 1 aromatic carbocycles. The Morgan fingerprint density at radius 1 is 1.29 bits per heavy atom. The zero-order valence-electron chi connectivity index (χ0n) is 10.3. The van der Waals surface area contributed by atoms with Crippen LogP contribution in [0.2, 0.25) is 0 Å². The number of aromatic nitrogens is 2. The summed E-state index contributed by atoms with van der Waals surface area (Å²) in [6, 6.07) is 6.72. The predicted octanol–water partition coefficient (Wildman–Crippen LogP) is 2.54. The molecule has 0 amide bonds. The summed E-state index contributed by atoms with van der Waals surface area (Å²) >= 11 is 0. The lowest BCUT2D eigenvalue weighted by Crippen LogP contribution is -2.20. The van der Waals surface area contributed by atoms with E-state index < -0.39 is 0 Å². The van der Waals surface area contributed by atoms with Crippen LogP contribution in [0.3, 0.4) is 0 Å². The highest BCUT2D eigenvalue weighted by Gasteiger charge is 2.16. The molecule has 17 heavy (non-hydrogen) atoms. The van der Waals surface area contributed by atoms with Gasteiger partial charge in [-0.05, 0) is 43.4 Å². The average molecular weight is 228 g/mol. The van der Waals surface area contributed by atoms with E-state index in [0.29, 0.717) is 5.92 Å². The second kappa shape index (κ2) is 4.49. The number of piperidine rings is 1. The van der Waals surface area contributed by atoms with Crippen molar-refractivity contribution in [2.24, 2.45) is 0 Å². The number of hydrogen-bond acceptors (Lipinski definition) is 1. The van der Waals surface area contributed by atoms with Gasteiger partial charge in [-0.15, -0.1) is 0 Å². The van der Waals surface area contributed by atoms with Crippen molar-refractivity contribution in [1.82, 2.24) is 14.9 Å². The highest BCUT2D eigenvalue weighted by molar-refractivity contribution is 5.76. The molecule has 0 atom stereocenters. The Balaban J connectivity index is 1.99. The van der Waals surface area contributed by atoms with Gasteiger partial charge >= 0.3 is 0 Å². The molecule has 0 saturated carbocycles. The van der Waals surface area contributed by atoms with E-state index in [1.54, 1.807) is 0 Å². The van der Waals surface area contributed by atoms with Crippen molar-refractivity contribution in [2.45, 2.75) is 32.2 Å². The Morgan fingerprint density at radius 3 is 2.88 bits per heavy atom. The van der Waals surface area contributed by atoms with Crippen LogP contribution in [0.5, 0.6) is 0 Å². The first-order chi connectivity index (χ1) is 8.38. The third kappa shape index (κ3) is 1.95. The van der Waals surface area contributed by atoms with Crippen LogP contribution in [0, 0.1) is 0 Å². The molecule has 3 heteroatoms. The van der Waals surface area contributed by atoms with Crippen molar-refractivity contribution in [3.8, 4) is 0 Å². The van der Waals surface area contributed by atoms with Crippen LogP contribution in [0.4, 0.5) is 0 Å². The Labute approximate surface area is 102 Å². The smallest absolute Gasteiger partial charge is 0.0958 e. The lowest BCUT2D eigenvalue weighted by Gasteiger charge is -2.22. The van der Waals surface area contributed by atoms with Gasteiger partial charge in [0.25, 0.3) is 0 Å². The summed E-state index contributed by atoms with van der Waals surface area (Å²) in [6.07, 6.45) is 4.34. The minimum absolute atomic E-state index is 0.692. The van der Waals surface area contributed by atoms with E-state index in [0.717, 1.165) is 25.2 Å². The van der Waals surface area contributed by atoms with Crippen molar-refractivity contribution in [3.05, 3.63) is 30.1 Å². The van der Waals surface area contributed by atoms with Crippen LogP contribution in [0.25, 0.3) is 11.0 Å². The van der Waals surface area contributed by atoms with Gasteiger partial charge in [0.2, 0.25) is 0 Å². The number of imidazole rings is 1. The van der Waals surface area contributed by atoms with Crippen LogP contribution in [-0.4, -0.2) is 22.6 Å². The van der Waals surface area contributed by atoms with E-state index in [-0.39, 0.29) is 0 Å². The SMILES string of the molecule is CCn1cnc2ccc(C3CC[N]CC3)cc21. The molecule has 0 bridgehead atoms. The fraction of sp³-hybridized carbons (Fsp3) is 0.500. The van der Waals surface area contributed by atoms with E-state index in [9.17, 15) is 0 Å². The molecule has 3 nitrogen and oxygen atoms in total. The first-order valence-electron chi connectivity index (χ1n) is 6.46. The summed E-state index contributed by atoms with van der Waals surface area (Å²) in [4.78, 5) is 4.42. The van der Waals surface area contributed by atoms with Gasteiger partial charge in [0.05, 0.1) is 17.4 Å². The third-order valence-electron chi connectivity index (χ3n) is 3.73. The fourth-order valence-electron chi connectivity index (χ4n) is 2.66. The number of nitrogens with zero attached hydrogens (tertiary/aromatic N) is 3. The van der Waals surface area contributed by atoms with Gasteiger partial charge in [-0.25, -0.2) is 10.3 Å². The lowest BCUT2D eigenvalue weighted by atomic mass is 9.90. The van der Waals surface area contributed by atoms with Gasteiger partial charge in [-0.1, -0.05) is 6.07 Å². The van der Waals surface area contributed by atoms with Crippen molar-refractivity contribution in [1.29, 1.82) is 0 Å². The molecule has 2 aromatic rings. The van der Waals surface area contributed by atoms with E-state index in [1.165, 1.54) is 23.9 Å². The molecule has 3 rings (SSSR count). The van der Waals surface area contributed by atoms with Crippen molar-refractivity contribution >= 4 is 11.0 Å². The number of hydrogen-bond donors (Lipinski definition) is 0. The summed E-state index contributed by atoms with van der Waals surface area (Å²) in [5, 5.41) is 4.42. The molecule has 1 radical (unpaired) electrons. The lowest BCUT2D eigenvalue weighted by molar-refractivity contribution is 0.453. The summed E-state index contributed by atoms with van der Waals surface area (Å²) in [5.74, 6) is 0.692. The molecule has 1 saturated heterocycles. The molecular weight excluding hydrogens is 210 g/mol. The molecular formula is C14H18N3. The Bertz CT molecular complexity index is 509. The molecule has 0 unspecified atom stereocenters. The average Bonchev–Trinajstić information content (AvgIpc) is 2.81. The van der Waals surface area contributed by atoms with E-state index >= 15 is 0 Å². The van der Waals surface area contributed by atoms with Gasteiger partial charge in [-0.3, -0.25) is 0 Å². The molecule has 2 heterocycles. The number of aryl methyl sites for hydroxylation is 1. The maximum atomic E-state index is 4.42. The molecule has 1 aliphatic heterocycles. The second-order valence-electron chi connectivity index (χ2n) is 4.72.